The van der Waals surface area contributed by atoms with E-state index in [0.29, 0.717) is 31.3 Å². The van der Waals surface area contributed by atoms with Gasteiger partial charge in [-0.3, -0.25) is 4.90 Å². The summed E-state index contributed by atoms with van der Waals surface area (Å²) in [5, 5.41) is 2.53. The van der Waals surface area contributed by atoms with Gasteiger partial charge < -0.3 is 14.5 Å². The van der Waals surface area contributed by atoms with E-state index in [-0.39, 0.29) is 18.2 Å². The topological polar surface area (TPSA) is 66.0 Å². The second kappa shape index (κ2) is 5.94. The van der Waals surface area contributed by atoms with E-state index in [9.17, 15) is 9.59 Å². The van der Waals surface area contributed by atoms with E-state index < -0.39 is 5.60 Å². The summed E-state index contributed by atoms with van der Waals surface area (Å²) in [5.41, 5.74) is -0.515. The number of thiazole rings is 1. The fraction of sp³-hybridized carbons (Fsp3) is 0.643. The number of anilines is 1. The van der Waals surface area contributed by atoms with E-state index in [2.05, 4.69) is 20.9 Å². The Labute approximate surface area is 147 Å². The van der Waals surface area contributed by atoms with Crippen molar-refractivity contribution in [3.8, 4) is 0 Å². The molecule has 0 N–H and O–H groups in total. The number of hydrogen-bond donors (Lipinski definition) is 0. The van der Waals surface area contributed by atoms with Crippen molar-refractivity contribution in [3.63, 3.8) is 0 Å². The highest BCUT2D eigenvalue weighted by atomic mass is 79.9. The van der Waals surface area contributed by atoms with Crippen molar-refractivity contribution < 1.29 is 14.3 Å². The lowest BCUT2D eigenvalue weighted by atomic mass is 10.2. The lowest BCUT2D eigenvalue weighted by molar-refractivity contribution is 0.0128. The minimum Gasteiger partial charge on any atom is -0.444 e. The first kappa shape index (κ1) is 16.5. The summed E-state index contributed by atoms with van der Waals surface area (Å²) < 4.78 is 6.15. The number of amides is 3. The molecule has 7 nitrogen and oxygen atoms in total. The van der Waals surface area contributed by atoms with Crippen LogP contribution in [0.3, 0.4) is 0 Å². The molecule has 23 heavy (non-hydrogen) atoms. The van der Waals surface area contributed by atoms with Gasteiger partial charge in [0.15, 0.2) is 5.13 Å². The number of ether oxygens (including phenoxy) is 1. The lowest BCUT2D eigenvalue weighted by Crippen LogP contribution is -2.54. The molecule has 9 heteroatoms. The van der Waals surface area contributed by atoms with Crippen molar-refractivity contribution in [2.24, 2.45) is 0 Å². The Morgan fingerprint density at radius 3 is 2.74 bits per heavy atom. The van der Waals surface area contributed by atoms with Gasteiger partial charge in [0.25, 0.3) is 0 Å². The molecule has 0 spiro atoms. The van der Waals surface area contributed by atoms with Crippen LogP contribution >= 0.6 is 27.3 Å². The molecule has 0 bridgehead atoms. The first-order chi connectivity index (χ1) is 10.7. The molecule has 0 radical (unpaired) electrons. The standard InChI is InChI=1S/C14H19BrN4O3S/c1-14(2,3)22-13(21)17-4-5-18-9(6-17)7-19(12(18)20)11-16-10(15)8-23-11/h8-9H,4-7H2,1-3H3/t9-/m0/s1. The van der Waals surface area contributed by atoms with E-state index in [1.54, 1.807) is 9.80 Å². The predicted molar refractivity (Wildman–Crippen MR) is 90.9 cm³/mol. The van der Waals surface area contributed by atoms with Crippen LogP contribution in [0.25, 0.3) is 0 Å². The number of rotatable bonds is 1. The second-order valence-electron chi connectivity index (χ2n) is 6.62. The van der Waals surface area contributed by atoms with E-state index in [0.717, 1.165) is 4.60 Å². The van der Waals surface area contributed by atoms with Crippen LogP contribution in [0.15, 0.2) is 9.98 Å². The minimum atomic E-state index is -0.515. The largest absolute Gasteiger partial charge is 0.444 e. The first-order valence-corrected chi connectivity index (χ1v) is 9.09. The minimum absolute atomic E-state index is 0.0218. The van der Waals surface area contributed by atoms with Crippen LogP contribution in [0.5, 0.6) is 0 Å². The maximum Gasteiger partial charge on any atom is 0.410 e. The maximum atomic E-state index is 12.5. The van der Waals surface area contributed by atoms with Gasteiger partial charge in [-0.05, 0) is 36.7 Å². The molecule has 2 aliphatic rings. The van der Waals surface area contributed by atoms with E-state index in [4.69, 9.17) is 4.74 Å². The average molecular weight is 403 g/mol. The molecule has 2 aliphatic heterocycles. The van der Waals surface area contributed by atoms with Crippen molar-refractivity contribution in [1.82, 2.24) is 14.8 Å². The Kier molecular flexibility index (Phi) is 4.26. The number of hydrogen-bond acceptors (Lipinski definition) is 5. The summed E-state index contributed by atoms with van der Waals surface area (Å²) in [6.07, 6.45) is -0.319. The van der Waals surface area contributed by atoms with Crippen molar-refractivity contribution in [1.29, 1.82) is 0 Å². The highest BCUT2D eigenvalue weighted by Gasteiger charge is 2.43. The van der Waals surface area contributed by atoms with Gasteiger partial charge >= 0.3 is 12.1 Å². The third-order valence-electron chi connectivity index (χ3n) is 3.70. The predicted octanol–water partition coefficient (Wildman–Crippen LogP) is 2.77. The Morgan fingerprint density at radius 2 is 2.13 bits per heavy atom. The third-order valence-corrected chi connectivity index (χ3v) is 5.27. The van der Waals surface area contributed by atoms with Gasteiger partial charge in [0.1, 0.15) is 10.2 Å². The SMILES string of the molecule is CC(C)(C)OC(=O)N1CCN2C(=O)N(c3nc(Br)cs3)C[C@@H]2C1. The maximum absolute atomic E-state index is 12.5. The molecule has 126 valence electrons. The van der Waals surface area contributed by atoms with Gasteiger partial charge in [-0.2, -0.15) is 0 Å². The van der Waals surface area contributed by atoms with Crippen LogP contribution < -0.4 is 4.90 Å². The van der Waals surface area contributed by atoms with Crippen molar-refractivity contribution >= 4 is 44.5 Å². The number of nitrogens with zero attached hydrogens (tertiary/aromatic N) is 4. The zero-order chi connectivity index (χ0) is 16.8. The molecule has 0 aliphatic carbocycles. The Bertz CT molecular complexity index is 630. The Morgan fingerprint density at radius 1 is 1.39 bits per heavy atom. The lowest BCUT2D eigenvalue weighted by Gasteiger charge is -2.36. The fourth-order valence-corrected chi connectivity index (χ4v) is 3.98. The molecule has 0 saturated carbocycles. The summed E-state index contributed by atoms with van der Waals surface area (Å²) in [6.45, 7) is 7.59. The summed E-state index contributed by atoms with van der Waals surface area (Å²) >= 11 is 4.74. The van der Waals surface area contributed by atoms with Gasteiger partial charge in [0, 0.05) is 25.0 Å². The molecule has 2 saturated heterocycles. The number of halogens is 1. The molecule has 3 amide bonds. The number of fused-ring (bicyclic) bond motifs is 1. The zero-order valence-corrected chi connectivity index (χ0v) is 15.7. The van der Waals surface area contributed by atoms with E-state index >= 15 is 0 Å². The smallest absolute Gasteiger partial charge is 0.410 e. The van der Waals surface area contributed by atoms with Crippen molar-refractivity contribution in [2.45, 2.75) is 32.4 Å². The molecule has 1 atom stereocenters. The van der Waals surface area contributed by atoms with Crippen LogP contribution in [0.1, 0.15) is 20.8 Å². The normalized spacial score (nSPS) is 21.7. The van der Waals surface area contributed by atoms with Gasteiger partial charge in [0.2, 0.25) is 0 Å². The summed E-state index contributed by atoms with van der Waals surface area (Å²) in [7, 11) is 0. The molecule has 3 rings (SSSR count). The number of carbonyl (C=O) groups excluding carboxylic acids is 2. The molecule has 1 aromatic rings. The average Bonchev–Trinajstić information content (AvgIpc) is 3.01. The highest BCUT2D eigenvalue weighted by Crippen LogP contribution is 2.30. The highest BCUT2D eigenvalue weighted by molar-refractivity contribution is 9.10. The molecule has 0 unspecified atom stereocenters. The van der Waals surface area contributed by atoms with Gasteiger partial charge in [0.05, 0.1) is 12.6 Å². The summed E-state index contributed by atoms with van der Waals surface area (Å²) in [5.74, 6) is 0. The number of carbonyl (C=O) groups is 2. The quantitative estimate of drug-likeness (QED) is 0.724. The number of aromatic nitrogens is 1. The monoisotopic (exact) mass is 402 g/mol. The van der Waals surface area contributed by atoms with Crippen molar-refractivity contribution in [2.75, 3.05) is 31.1 Å². The van der Waals surface area contributed by atoms with E-state index in [1.807, 2.05) is 31.1 Å². The second-order valence-corrected chi connectivity index (χ2v) is 8.27. The summed E-state index contributed by atoms with van der Waals surface area (Å²) in [6, 6.07) is -0.0628. The van der Waals surface area contributed by atoms with E-state index in [1.165, 1.54) is 11.3 Å². The van der Waals surface area contributed by atoms with Gasteiger partial charge in [-0.25, -0.2) is 14.6 Å². The van der Waals surface area contributed by atoms with Crippen LogP contribution in [-0.2, 0) is 4.74 Å². The van der Waals surface area contributed by atoms with Crippen LogP contribution in [0.4, 0.5) is 14.7 Å². The van der Waals surface area contributed by atoms with Gasteiger partial charge in [-0.15, -0.1) is 11.3 Å². The zero-order valence-electron chi connectivity index (χ0n) is 13.3. The third kappa shape index (κ3) is 3.45. The fourth-order valence-electron chi connectivity index (χ4n) is 2.73. The Hall–Kier alpha value is -1.35. The number of urea groups is 1. The van der Waals surface area contributed by atoms with Crippen LogP contribution in [0, 0.1) is 0 Å². The molecule has 0 aromatic carbocycles. The molecule has 2 fully saturated rings. The molecular weight excluding hydrogens is 384 g/mol. The molecule has 1 aromatic heterocycles. The van der Waals surface area contributed by atoms with Crippen LogP contribution in [-0.4, -0.2) is 64.7 Å². The molecule has 3 heterocycles. The first-order valence-electron chi connectivity index (χ1n) is 7.42. The van der Waals surface area contributed by atoms with Gasteiger partial charge in [-0.1, -0.05) is 0 Å². The van der Waals surface area contributed by atoms with Crippen molar-refractivity contribution in [3.05, 3.63) is 9.98 Å². The number of piperazine rings is 1. The summed E-state index contributed by atoms with van der Waals surface area (Å²) in [4.78, 5) is 34.2. The Balaban J connectivity index is 1.68. The van der Waals surface area contributed by atoms with Crippen LogP contribution in [0.2, 0.25) is 0 Å². The molecular formula is C14H19BrN4O3S.